The average Bonchev–Trinajstić information content (AvgIpc) is 3.43. The Hall–Kier alpha value is -3.08. The van der Waals surface area contributed by atoms with E-state index in [0.717, 1.165) is 34.0 Å². The van der Waals surface area contributed by atoms with Crippen molar-refractivity contribution in [3.05, 3.63) is 77.2 Å². The molecular formula is C21H18FN3O. The van der Waals surface area contributed by atoms with Crippen LogP contribution in [-0.2, 0) is 4.79 Å². The van der Waals surface area contributed by atoms with E-state index in [9.17, 15) is 9.18 Å². The molecule has 1 aliphatic rings. The van der Waals surface area contributed by atoms with E-state index in [1.165, 1.54) is 12.1 Å². The number of rotatable bonds is 4. The molecule has 1 aromatic heterocycles. The van der Waals surface area contributed by atoms with Crippen LogP contribution in [0.4, 0.5) is 4.39 Å². The van der Waals surface area contributed by atoms with E-state index in [1.807, 2.05) is 31.2 Å². The third kappa shape index (κ3) is 3.33. The van der Waals surface area contributed by atoms with Crippen LogP contribution >= 0.6 is 0 Å². The van der Waals surface area contributed by atoms with Gasteiger partial charge in [-0.2, -0.15) is 5.10 Å². The highest BCUT2D eigenvalue weighted by Gasteiger charge is 2.43. The monoisotopic (exact) mass is 347 g/mol. The first kappa shape index (κ1) is 16.4. The first-order valence-electron chi connectivity index (χ1n) is 8.55. The molecule has 0 unspecified atom stereocenters. The number of hydrogen-bond donors (Lipinski definition) is 1. The first-order valence-corrected chi connectivity index (χ1v) is 8.55. The van der Waals surface area contributed by atoms with Crippen LogP contribution in [-0.4, -0.2) is 17.1 Å². The standard InChI is InChI=1S/C21H18FN3O/c1-13-9-14(10-16-3-2-8-23-20(13)16)12-24-25-21(26)19-11-18(19)15-4-6-17(22)7-5-15/h2-10,12,18-19H,11H2,1H3,(H,25,26)/b24-12+/t18-,19+/m0/s1. The maximum atomic E-state index is 13.0. The van der Waals surface area contributed by atoms with E-state index in [1.54, 1.807) is 24.5 Å². The fourth-order valence-corrected chi connectivity index (χ4v) is 3.29. The highest BCUT2D eigenvalue weighted by atomic mass is 19.1. The SMILES string of the molecule is Cc1cc(/C=N/NC(=O)[C@@H]2C[C@H]2c2ccc(F)cc2)cc2cccnc12. The number of fused-ring (bicyclic) bond motifs is 1. The number of carbonyl (C=O) groups excluding carboxylic acids is 1. The number of benzene rings is 2. The Labute approximate surface area is 150 Å². The Morgan fingerprint density at radius 2 is 2.08 bits per heavy atom. The smallest absolute Gasteiger partial charge is 0.243 e. The second-order valence-corrected chi connectivity index (χ2v) is 6.65. The number of pyridine rings is 1. The van der Waals surface area contributed by atoms with Gasteiger partial charge in [0.1, 0.15) is 5.82 Å². The van der Waals surface area contributed by atoms with Gasteiger partial charge in [0.15, 0.2) is 0 Å². The minimum absolute atomic E-state index is 0.0971. The van der Waals surface area contributed by atoms with Gasteiger partial charge in [-0.3, -0.25) is 9.78 Å². The van der Waals surface area contributed by atoms with Gasteiger partial charge in [0.05, 0.1) is 11.7 Å². The number of amides is 1. The summed E-state index contributed by atoms with van der Waals surface area (Å²) < 4.78 is 13.0. The van der Waals surface area contributed by atoms with Crippen LogP contribution in [0, 0.1) is 18.7 Å². The zero-order valence-corrected chi connectivity index (χ0v) is 14.3. The van der Waals surface area contributed by atoms with E-state index in [0.29, 0.717) is 0 Å². The second kappa shape index (κ2) is 6.67. The summed E-state index contributed by atoms with van der Waals surface area (Å²) in [7, 11) is 0. The van der Waals surface area contributed by atoms with E-state index >= 15 is 0 Å². The van der Waals surface area contributed by atoms with E-state index in [2.05, 4.69) is 15.5 Å². The molecule has 4 rings (SSSR count). The predicted octanol–water partition coefficient (Wildman–Crippen LogP) is 3.94. The highest BCUT2D eigenvalue weighted by molar-refractivity contribution is 5.91. The van der Waals surface area contributed by atoms with Crippen LogP contribution in [0.1, 0.15) is 29.0 Å². The van der Waals surface area contributed by atoms with Crippen molar-refractivity contribution >= 4 is 23.0 Å². The Kier molecular flexibility index (Phi) is 4.21. The van der Waals surface area contributed by atoms with Gasteiger partial charge >= 0.3 is 0 Å². The minimum atomic E-state index is -0.263. The first-order chi connectivity index (χ1) is 12.6. The fourth-order valence-electron chi connectivity index (χ4n) is 3.29. The van der Waals surface area contributed by atoms with Gasteiger partial charge in [0, 0.05) is 17.5 Å². The molecule has 26 heavy (non-hydrogen) atoms. The molecule has 0 bridgehead atoms. The maximum absolute atomic E-state index is 13.0. The van der Waals surface area contributed by atoms with Crippen molar-refractivity contribution in [1.29, 1.82) is 0 Å². The highest BCUT2D eigenvalue weighted by Crippen LogP contribution is 2.47. The van der Waals surface area contributed by atoms with Crippen LogP contribution in [0.15, 0.2) is 59.8 Å². The molecule has 2 atom stereocenters. The number of halogens is 1. The van der Waals surface area contributed by atoms with Gasteiger partial charge in [0.2, 0.25) is 5.91 Å². The van der Waals surface area contributed by atoms with Crippen molar-refractivity contribution in [2.24, 2.45) is 11.0 Å². The summed E-state index contributed by atoms with van der Waals surface area (Å²) in [6.45, 7) is 2.00. The van der Waals surface area contributed by atoms with E-state index < -0.39 is 0 Å². The van der Waals surface area contributed by atoms with Gasteiger partial charge in [-0.1, -0.05) is 18.2 Å². The molecule has 4 nitrogen and oxygen atoms in total. The topological polar surface area (TPSA) is 54.4 Å². The van der Waals surface area contributed by atoms with Crippen LogP contribution in [0.5, 0.6) is 0 Å². The molecular weight excluding hydrogens is 329 g/mol. The number of nitrogens with zero attached hydrogens (tertiary/aromatic N) is 2. The maximum Gasteiger partial charge on any atom is 0.243 e. The zero-order chi connectivity index (χ0) is 18.1. The molecule has 0 saturated heterocycles. The summed E-state index contributed by atoms with van der Waals surface area (Å²) >= 11 is 0. The molecule has 2 aromatic carbocycles. The Balaban J connectivity index is 1.40. The zero-order valence-electron chi connectivity index (χ0n) is 14.3. The molecule has 0 radical (unpaired) electrons. The van der Waals surface area contributed by atoms with Crippen molar-refractivity contribution in [3.8, 4) is 0 Å². The van der Waals surface area contributed by atoms with Crippen LogP contribution < -0.4 is 5.43 Å². The lowest BCUT2D eigenvalue weighted by Gasteiger charge is -2.03. The number of carbonyl (C=O) groups is 1. The predicted molar refractivity (Wildman–Crippen MR) is 99.5 cm³/mol. The molecule has 130 valence electrons. The van der Waals surface area contributed by atoms with E-state index in [-0.39, 0.29) is 23.6 Å². The summed E-state index contributed by atoms with van der Waals surface area (Å²) in [5, 5.41) is 5.13. The molecule has 1 fully saturated rings. The molecule has 0 aliphatic heterocycles. The van der Waals surface area contributed by atoms with Crippen molar-refractivity contribution in [2.45, 2.75) is 19.3 Å². The summed E-state index contributed by atoms with van der Waals surface area (Å²) in [6.07, 6.45) is 4.19. The quantitative estimate of drug-likeness (QED) is 0.574. The number of aromatic nitrogens is 1. The lowest BCUT2D eigenvalue weighted by atomic mass is 10.1. The summed E-state index contributed by atoms with van der Waals surface area (Å²) in [5.41, 5.74) is 6.55. The van der Waals surface area contributed by atoms with Crippen LogP contribution in [0.25, 0.3) is 10.9 Å². The van der Waals surface area contributed by atoms with Gasteiger partial charge in [0.25, 0.3) is 0 Å². The third-order valence-electron chi connectivity index (χ3n) is 4.73. The van der Waals surface area contributed by atoms with Crippen molar-refractivity contribution in [3.63, 3.8) is 0 Å². The molecule has 1 N–H and O–H groups in total. The van der Waals surface area contributed by atoms with Crippen LogP contribution in [0.2, 0.25) is 0 Å². The number of aryl methyl sites for hydroxylation is 1. The molecule has 1 amide bonds. The molecule has 1 saturated carbocycles. The van der Waals surface area contributed by atoms with Crippen molar-refractivity contribution in [2.75, 3.05) is 0 Å². The molecule has 0 spiro atoms. The van der Waals surface area contributed by atoms with Gasteiger partial charge in [-0.05, 0) is 66.3 Å². The molecule has 5 heteroatoms. The van der Waals surface area contributed by atoms with Gasteiger partial charge < -0.3 is 0 Å². The lowest BCUT2D eigenvalue weighted by Crippen LogP contribution is -2.20. The minimum Gasteiger partial charge on any atom is -0.273 e. The Morgan fingerprint density at radius 3 is 2.88 bits per heavy atom. The largest absolute Gasteiger partial charge is 0.273 e. The number of nitrogens with one attached hydrogen (secondary N) is 1. The number of hydrogen-bond acceptors (Lipinski definition) is 3. The fraction of sp³-hybridized carbons (Fsp3) is 0.190. The number of hydrazone groups is 1. The lowest BCUT2D eigenvalue weighted by molar-refractivity contribution is -0.122. The average molecular weight is 347 g/mol. The summed E-state index contributed by atoms with van der Waals surface area (Å²) in [6, 6.07) is 14.2. The summed E-state index contributed by atoms with van der Waals surface area (Å²) in [5.74, 6) is -0.310. The third-order valence-corrected chi connectivity index (χ3v) is 4.73. The Morgan fingerprint density at radius 1 is 1.27 bits per heavy atom. The van der Waals surface area contributed by atoms with Crippen molar-refractivity contribution in [1.82, 2.24) is 10.4 Å². The molecule has 3 aromatic rings. The second-order valence-electron chi connectivity index (χ2n) is 6.65. The van der Waals surface area contributed by atoms with E-state index in [4.69, 9.17) is 0 Å². The normalized spacial score (nSPS) is 19.0. The van der Waals surface area contributed by atoms with Crippen LogP contribution in [0.3, 0.4) is 0 Å². The van der Waals surface area contributed by atoms with Gasteiger partial charge in [-0.25, -0.2) is 9.82 Å². The summed E-state index contributed by atoms with van der Waals surface area (Å²) in [4.78, 5) is 16.6. The van der Waals surface area contributed by atoms with Crippen molar-refractivity contribution < 1.29 is 9.18 Å². The van der Waals surface area contributed by atoms with Gasteiger partial charge in [-0.15, -0.1) is 0 Å². The Bertz CT molecular complexity index is 998. The molecule has 1 aliphatic carbocycles. The molecule has 1 heterocycles.